The van der Waals surface area contributed by atoms with E-state index in [0.29, 0.717) is 12.2 Å². The smallest absolute Gasteiger partial charge is 0.142 e. The summed E-state index contributed by atoms with van der Waals surface area (Å²) < 4.78 is 29.2. The Morgan fingerprint density at radius 1 is 1.35 bits per heavy atom. The van der Waals surface area contributed by atoms with Gasteiger partial charge in [-0.15, -0.1) is 5.10 Å². The zero-order valence-electron chi connectivity index (χ0n) is 11.2. The maximum Gasteiger partial charge on any atom is 0.142 e. The zero-order valence-corrected chi connectivity index (χ0v) is 12.0. The lowest BCUT2D eigenvalue weighted by Gasteiger charge is -2.19. The molecule has 0 spiro atoms. The Morgan fingerprint density at radius 2 is 2.10 bits per heavy atom. The number of rotatable bonds is 5. The third-order valence-electron chi connectivity index (χ3n) is 2.99. The maximum atomic E-state index is 14.1. The summed E-state index contributed by atoms with van der Waals surface area (Å²) in [5.41, 5.74) is 0.838. The van der Waals surface area contributed by atoms with Crippen LogP contribution in [0.1, 0.15) is 30.6 Å². The number of aryl methyl sites for hydroxylation is 1. The largest absolute Gasteiger partial charge is 0.305 e. The first-order valence-electron chi connectivity index (χ1n) is 6.27. The van der Waals surface area contributed by atoms with Gasteiger partial charge in [0.2, 0.25) is 0 Å². The van der Waals surface area contributed by atoms with E-state index < -0.39 is 17.7 Å². The van der Waals surface area contributed by atoms with Crippen LogP contribution >= 0.6 is 11.6 Å². The number of hydrogen-bond donors (Lipinski definition) is 1. The van der Waals surface area contributed by atoms with Gasteiger partial charge in [0.15, 0.2) is 0 Å². The van der Waals surface area contributed by atoms with Gasteiger partial charge in [-0.25, -0.2) is 8.78 Å². The lowest BCUT2D eigenvalue weighted by Crippen LogP contribution is -2.26. The third-order valence-corrected chi connectivity index (χ3v) is 3.28. The van der Waals surface area contributed by atoms with E-state index in [0.717, 1.165) is 18.6 Å². The Balaban J connectivity index is 2.46. The van der Waals surface area contributed by atoms with Crippen LogP contribution in [0.5, 0.6) is 0 Å². The Morgan fingerprint density at radius 3 is 2.70 bits per heavy atom. The molecule has 0 aliphatic rings. The number of nitrogens with zero attached hydrogens (tertiary/aromatic N) is 3. The molecular weight excluding hydrogens is 286 g/mol. The molecule has 2 rings (SSSR count). The van der Waals surface area contributed by atoms with Crippen molar-refractivity contribution in [1.29, 1.82) is 0 Å². The Kier molecular flexibility index (Phi) is 4.67. The van der Waals surface area contributed by atoms with Gasteiger partial charge in [-0.05, 0) is 25.1 Å². The monoisotopic (exact) mass is 300 g/mol. The number of aromatic nitrogens is 3. The second-order valence-electron chi connectivity index (χ2n) is 4.46. The average molecular weight is 301 g/mol. The second-order valence-corrected chi connectivity index (χ2v) is 4.86. The molecule has 1 unspecified atom stereocenters. The molecule has 1 N–H and O–H groups in total. The Hall–Kier alpha value is -1.53. The lowest BCUT2D eigenvalue weighted by molar-refractivity contribution is 0.511. The van der Waals surface area contributed by atoms with Crippen LogP contribution in [0.15, 0.2) is 18.3 Å². The van der Waals surface area contributed by atoms with E-state index in [1.54, 1.807) is 7.05 Å². The molecule has 108 valence electrons. The summed E-state index contributed by atoms with van der Waals surface area (Å²) in [5.74, 6) is -1.22. The summed E-state index contributed by atoms with van der Waals surface area (Å²) in [5, 5.41) is 10.5. The highest BCUT2D eigenvalue weighted by Gasteiger charge is 2.22. The van der Waals surface area contributed by atoms with Gasteiger partial charge in [-0.3, -0.25) is 4.68 Å². The minimum Gasteiger partial charge on any atom is -0.305 e. The normalized spacial score (nSPS) is 12.7. The van der Waals surface area contributed by atoms with Crippen molar-refractivity contribution in [3.8, 4) is 0 Å². The molecule has 1 atom stereocenters. The first-order chi connectivity index (χ1) is 9.54. The van der Waals surface area contributed by atoms with E-state index in [9.17, 15) is 8.78 Å². The van der Waals surface area contributed by atoms with Gasteiger partial charge in [-0.2, -0.15) is 0 Å². The third kappa shape index (κ3) is 2.96. The van der Waals surface area contributed by atoms with E-state index in [1.807, 2.05) is 6.92 Å². The fourth-order valence-corrected chi connectivity index (χ4v) is 2.13. The van der Waals surface area contributed by atoms with Crippen molar-refractivity contribution >= 4 is 11.6 Å². The van der Waals surface area contributed by atoms with E-state index in [1.165, 1.54) is 10.9 Å². The van der Waals surface area contributed by atoms with Crippen molar-refractivity contribution in [2.75, 3.05) is 6.54 Å². The number of benzene rings is 1. The van der Waals surface area contributed by atoms with E-state index in [2.05, 4.69) is 15.6 Å². The van der Waals surface area contributed by atoms with E-state index in [-0.39, 0.29) is 10.6 Å². The van der Waals surface area contributed by atoms with Gasteiger partial charge >= 0.3 is 0 Å². The lowest BCUT2D eigenvalue weighted by atomic mass is 10.0. The summed E-state index contributed by atoms with van der Waals surface area (Å²) >= 11 is 5.59. The van der Waals surface area contributed by atoms with Gasteiger partial charge in [-0.1, -0.05) is 23.7 Å². The molecule has 0 saturated heterocycles. The predicted molar refractivity (Wildman–Crippen MR) is 72.5 cm³/mol. The van der Waals surface area contributed by atoms with Crippen LogP contribution in [-0.2, 0) is 7.05 Å². The van der Waals surface area contributed by atoms with Crippen molar-refractivity contribution in [2.24, 2.45) is 7.05 Å². The molecule has 0 radical (unpaired) electrons. The van der Waals surface area contributed by atoms with Gasteiger partial charge in [0.05, 0.1) is 23.0 Å². The van der Waals surface area contributed by atoms with Crippen molar-refractivity contribution in [1.82, 2.24) is 20.3 Å². The van der Waals surface area contributed by atoms with Crippen LogP contribution < -0.4 is 5.32 Å². The molecule has 4 nitrogen and oxygen atoms in total. The first-order valence-corrected chi connectivity index (χ1v) is 6.64. The van der Waals surface area contributed by atoms with Crippen LogP contribution in [0, 0.1) is 11.6 Å². The van der Waals surface area contributed by atoms with Gasteiger partial charge in [0.1, 0.15) is 11.6 Å². The molecule has 0 fully saturated rings. The summed E-state index contributed by atoms with van der Waals surface area (Å²) in [6.07, 6.45) is 2.39. The van der Waals surface area contributed by atoms with Crippen LogP contribution in [0.2, 0.25) is 5.02 Å². The van der Waals surface area contributed by atoms with Crippen molar-refractivity contribution < 1.29 is 8.78 Å². The van der Waals surface area contributed by atoms with Gasteiger partial charge in [0, 0.05) is 12.6 Å². The SMILES string of the molecule is CCCNC(c1cc(F)c(Cl)cc1F)c1cnnn1C. The molecule has 1 aromatic heterocycles. The molecule has 20 heavy (non-hydrogen) atoms. The predicted octanol–water partition coefficient (Wildman–Crippen LogP) is 2.84. The molecule has 2 aromatic rings. The molecule has 0 saturated carbocycles. The summed E-state index contributed by atoms with van der Waals surface area (Å²) in [7, 11) is 1.70. The summed E-state index contributed by atoms with van der Waals surface area (Å²) in [6.45, 7) is 2.64. The highest BCUT2D eigenvalue weighted by molar-refractivity contribution is 6.30. The van der Waals surface area contributed by atoms with Crippen LogP contribution in [-0.4, -0.2) is 21.5 Å². The molecular formula is C13H15ClF2N4. The van der Waals surface area contributed by atoms with Crippen LogP contribution in [0.3, 0.4) is 0 Å². The fourth-order valence-electron chi connectivity index (χ4n) is 1.98. The van der Waals surface area contributed by atoms with Gasteiger partial charge < -0.3 is 5.32 Å². The summed E-state index contributed by atoms with van der Waals surface area (Å²) in [6, 6.07) is 1.57. The van der Waals surface area contributed by atoms with Crippen molar-refractivity contribution in [3.63, 3.8) is 0 Å². The Labute approximate surface area is 120 Å². The Bertz CT molecular complexity index is 600. The zero-order chi connectivity index (χ0) is 14.7. The molecule has 0 amide bonds. The number of hydrogen-bond acceptors (Lipinski definition) is 3. The van der Waals surface area contributed by atoms with Crippen molar-refractivity contribution in [2.45, 2.75) is 19.4 Å². The first kappa shape index (κ1) is 14.9. The molecule has 7 heteroatoms. The van der Waals surface area contributed by atoms with Gasteiger partial charge in [0.25, 0.3) is 0 Å². The van der Waals surface area contributed by atoms with E-state index in [4.69, 9.17) is 11.6 Å². The van der Waals surface area contributed by atoms with Crippen LogP contribution in [0.25, 0.3) is 0 Å². The average Bonchev–Trinajstić information content (AvgIpc) is 2.82. The maximum absolute atomic E-state index is 14.1. The standard InChI is InChI=1S/C13H15ClF2N4/c1-3-4-17-13(12-7-18-19-20(12)2)8-5-11(16)9(14)6-10(8)15/h5-7,13,17H,3-4H2,1-2H3. The second kappa shape index (κ2) is 6.28. The quantitative estimate of drug-likeness (QED) is 0.864. The van der Waals surface area contributed by atoms with E-state index >= 15 is 0 Å². The highest BCUT2D eigenvalue weighted by Crippen LogP contribution is 2.27. The molecule has 0 bridgehead atoms. The fraction of sp³-hybridized carbons (Fsp3) is 0.385. The molecule has 1 heterocycles. The topological polar surface area (TPSA) is 42.7 Å². The number of nitrogens with one attached hydrogen (secondary N) is 1. The molecule has 0 aliphatic carbocycles. The molecule has 0 aliphatic heterocycles. The van der Waals surface area contributed by atoms with Crippen LogP contribution in [0.4, 0.5) is 8.78 Å². The minimum absolute atomic E-state index is 0.186. The summed E-state index contributed by atoms with van der Waals surface area (Å²) in [4.78, 5) is 0. The minimum atomic E-state index is -0.651. The van der Waals surface area contributed by atoms with Crippen molar-refractivity contribution in [3.05, 3.63) is 46.2 Å². The number of halogens is 3. The highest BCUT2D eigenvalue weighted by atomic mass is 35.5. The molecule has 1 aromatic carbocycles.